The molecule has 0 radical (unpaired) electrons. The van der Waals surface area contributed by atoms with Gasteiger partial charge in [0.05, 0.1) is 12.8 Å². The summed E-state index contributed by atoms with van der Waals surface area (Å²) in [5.74, 6) is -0.355. The van der Waals surface area contributed by atoms with Gasteiger partial charge in [0.1, 0.15) is 6.54 Å². The third-order valence-electron chi connectivity index (χ3n) is 2.99. The number of ether oxygens (including phenoxy) is 1. The summed E-state index contributed by atoms with van der Waals surface area (Å²) in [4.78, 5) is 27.0. The number of nitrogens with zero attached hydrogens (tertiary/aromatic N) is 1. The molecule has 0 saturated carbocycles. The van der Waals surface area contributed by atoms with Gasteiger partial charge in [-0.3, -0.25) is 4.79 Å². The molecule has 2 rings (SSSR count). The summed E-state index contributed by atoms with van der Waals surface area (Å²) in [6.45, 7) is 3.91. The summed E-state index contributed by atoms with van der Waals surface area (Å²) in [7, 11) is 1.24. The number of thiazole rings is 1. The second-order valence-corrected chi connectivity index (χ2v) is 5.61. The highest BCUT2D eigenvalue weighted by Gasteiger charge is 2.10. The Hall–Kier alpha value is -2.41. The van der Waals surface area contributed by atoms with E-state index in [0.717, 1.165) is 16.8 Å². The first kappa shape index (κ1) is 16.0. The minimum Gasteiger partial charge on any atom is -0.453 e. The van der Waals surface area contributed by atoms with Crippen molar-refractivity contribution in [2.45, 2.75) is 13.8 Å². The molecule has 0 aliphatic heterocycles. The summed E-state index contributed by atoms with van der Waals surface area (Å²) in [5, 5.41) is 7.33. The first-order valence-corrected chi connectivity index (χ1v) is 7.52. The average Bonchev–Trinajstić information content (AvgIpc) is 2.92. The van der Waals surface area contributed by atoms with Crippen LogP contribution in [-0.2, 0) is 9.53 Å². The molecule has 6 nitrogen and oxygen atoms in total. The Balaban J connectivity index is 2.02. The molecule has 7 heteroatoms. The third-order valence-corrected chi connectivity index (χ3v) is 3.74. The summed E-state index contributed by atoms with van der Waals surface area (Å²) in [6, 6.07) is 6.14. The lowest BCUT2D eigenvalue weighted by Crippen LogP contribution is -2.32. The minimum absolute atomic E-state index is 0.162. The van der Waals surface area contributed by atoms with Crippen LogP contribution in [0.3, 0.4) is 0 Å². The molecule has 1 aromatic carbocycles. The van der Waals surface area contributed by atoms with Crippen LogP contribution >= 0.6 is 11.3 Å². The summed E-state index contributed by atoms with van der Waals surface area (Å²) in [5.41, 5.74) is 4.18. The molecular weight excluding hydrogens is 302 g/mol. The molecule has 1 heterocycles. The van der Waals surface area contributed by atoms with Crippen molar-refractivity contribution < 1.29 is 14.3 Å². The van der Waals surface area contributed by atoms with E-state index < -0.39 is 6.09 Å². The van der Waals surface area contributed by atoms with Crippen molar-refractivity contribution in [3.05, 3.63) is 34.7 Å². The first-order valence-electron chi connectivity index (χ1n) is 6.64. The molecule has 0 bridgehead atoms. The zero-order valence-corrected chi connectivity index (χ0v) is 13.4. The van der Waals surface area contributed by atoms with E-state index in [-0.39, 0.29) is 12.5 Å². The Morgan fingerprint density at radius 3 is 2.77 bits per heavy atom. The van der Waals surface area contributed by atoms with E-state index in [1.165, 1.54) is 24.0 Å². The van der Waals surface area contributed by atoms with Crippen LogP contribution in [0.2, 0.25) is 0 Å². The number of aromatic nitrogens is 1. The number of benzene rings is 1. The quantitative estimate of drug-likeness (QED) is 0.908. The maximum atomic E-state index is 11.7. The Morgan fingerprint density at radius 1 is 1.32 bits per heavy atom. The molecule has 0 fully saturated rings. The molecule has 0 atom stereocenters. The molecule has 0 saturated heterocycles. The summed E-state index contributed by atoms with van der Waals surface area (Å²) < 4.78 is 4.39. The van der Waals surface area contributed by atoms with Gasteiger partial charge in [-0.25, -0.2) is 9.78 Å². The van der Waals surface area contributed by atoms with E-state index in [2.05, 4.69) is 26.4 Å². The van der Waals surface area contributed by atoms with Gasteiger partial charge in [-0.15, -0.1) is 11.3 Å². The maximum absolute atomic E-state index is 11.7. The highest BCUT2D eigenvalue weighted by Crippen LogP contribution is 2.27. The maximum Gasteiger partial charge on any atom is 0.407 e. The Morgan fingerprint density at radius 2 is 2.09 bits per heavy atom. The van der Waals surface area contributed by atoms with Crippen LogP contribution in [-0.4, -0.2) is 30.6 Å². The van der Waals surface area contributed by atoms with E-state index in [1.807, 2.05) is 31.4 Å². The zero-order valence-electron chi connectivity index (χ0n) is 12.6. The summed E-state index contributed by atoms with van der Waals surface area (Å²) >= 11 is 1.34. The number of hydrogen-bond donors (Lipinski definition) is 2. The number of methoxy groups -OCH3 is 1. The largest absolute Gasteiger partial charge is 0.453 e. The van der Waals surface area contributed by atoms with E-state index >= 15 is 0 Å². The van der Waals surface area contributed by atoms with Crippen molar-refractivity contribution in [1.29, 1.82) is 0 Å². The second kappa shape index (κ2) is 7.04. The Bertz CT molecular complexity index is 697. The minimum atomic E-state index is -0.648. The number of amides is 2. The summed E-state index contributed by atoms with van der Waals surface area (Å²) in [6.07, 6.45) is -0.648. The normalized spacial score (nSPS) is 10.1. The van der Waals surface area contributed by atoms with Crippen LogP contribution < -0.4 is 10.6 Å². The van der Waals surface area contributed by atoms with E-state index in [0.29, 0.717) is 5.13 Å². The highest BCUT2D eigenvalue weighted by atomic mass is 32.1. The molecule has 0 spiro atoms. The topological polar surface area (TPSA) is 80.3 Å². The molecule has 2 amide bonds. The van der Waals surface area contributed by atoms with Crippen molar-refractivity contribution in [1.82, 2.24) is 10.3 Å². The fraction of sp³-hybridized carbons (Fsp3) is 0.267. The van der Waals surface area contributed by atoms with Crippen molar-refractivity contribution in [2.24, 2.45) is 0 Å². The highest BCUT2D eigenvalue weighted by molar-refractivity contribution is 7.14. The van der Waals surface area contributed by atoms with Crippen LogP contribution in [0.25, 0.3) is 11.3 Å². The van der Waals surface area contributed by atoms with Crippen molar-refractivity contribution in [2.75, 3.05) is 19.0 Å². The van der Waals surface area contributed by atoms with Gasteiger partial charge in [0.2, 0.25) is 5.91 Å². The number of rotatable bonds is 4. The third kappa shape index (κ3) is 4.05. The predicted octanol–water partition coefficient (Wildman–Crippen LogP) is 2.72. The van der Waals surface area contributed by atoms with Crippen LogP contribution in [0.15, 0.2) is 23.6 Å². The zero-order chi connectivity index (χ0) is 16.1. The molecule has 2 aromatic rings. The van der Waals surface area contributed by atoms with Crippen LogP contribution in [0.5, 0.6) is 0 Å². The SMILES string of the molecule is COC(=O)NCC(=O)Nc1nc(-c2ccc(C)cc2C)cs1. The Labute approximate surface area is 132 Å². The van der Waals surface area contributed by atoms with Gasteiger partial charge < -0.3 is 15.4 Å². The number of hydrogen-bond acceptors (Lipinski definition) is 5. The second-order valence-electron chi connectivity index (χ2n) is 4.75. The van der Waals surface area contributed by atoms with E-state index in [4.69, 9.17) is 0 Å². The Kier molecular flexibility index (Phi) is 5.11. The van der Waals surface area contributed by atoms with Gasteiger partial charge in [0, 0.05) is 10.9 Å². The molecule has 116 valence electrons. The fourth-order valence-corrected chi connectivity index (χ4v) is 2.67. The van der Waals surface area contributed by atoms with Gasteiger partial charge in [0.25, 0.3) is 0 Å². The van der Waals surface area contributed by atoms with Crippen LogP contribution in [0, 0.1) is 13.8 Å². The van der Waals surface area contributed by atoms with Crippen molar-refractivity contribution >= 4 is 28.5 Å². The number of alkyl carbamates (subject to hydrolysis) is 1. The van der Waals surface area contributed by atoms with Gasteiger partial charge in [0.15, 0.2) is 5.13 Å². The molecule has 0 aliphatic rings. The van der Waals surface area contributed by atoms with Gasteiger partial charge in [-0.2, -0.15) is 0 Å². The molecule has 1 aromatic heterocycles. The number of nitrogens with one attached hydrogen (secondary N) is 2. The number of carbonyl (C=O) groups excluding carboxylic acids is 2. The number of carbonyl (C=O) groups is 2. The van der Waals surface area contributed by atoms with Crippen molar-refractivity contribution in [3.8, 4) is 11.3 Å². The lowest BCUT2D eigenvalue weighted by Gasteiger charge is -2.04. The molecule has 2 N–H and O–H groups in total. The number of aryl methyl sites for hydroxylation is 2. The van der Waals surface area contributed by atoms with Gasteiger partial charge >= 0.3 is 6.09 Å². The molecular formula is C15H17N3O3S. The lowest BCUT2D eigenvalue weighted by atomic mass is 10.0. The fourth-order valence-electron chi connectivity index (χ4n) is 1.94. The standard InChI is InChI=1S/C15H17N3O3S/c1-9-4-5-11(10(2)6-9)12-8-22-14(17-12)18-13(19)7-16-15(20)21-3/h4-6,8H,7H2,1-3H3,(H,16,20)(H,17,18,19). The van der Waals surface area contributed by atoms with Crippen LogP contribution in [0.4, 0.5) is 9.93 Å². The predicted molar refractivity (Wildman–Crippen MR) is 86.1 cm³/mol. The monoisotopic (exact) mass is 319 g/mol. The average molecular weight is 319 g/mol. The number of anilines is 1. The van der Waals surface area contributed by atoms with E-state index in [1.54, 1.807) is 0 Å². The van der Waals surface area contributed by atoms with E-state index in [9.17, 15) is 9.59 Å². The molecule has 0 unspecified atom stereocenters. The lowest BCUT2D eigenvalue weighted by molar-refractivity contribution is -0.115. The molecule has 22 heavy (non-hydrogen) atoms. The molecule has 0 aliphatic carbocycles. The van der Waals surface area contributed by atoms with Gasteiger partial charge in [-0.1, -0.05) is 23.8 Å². The smallest absolute Gasteiger partial charge is 0.407 e. The van der Waals surface area contributed by atoms with Crippen LogP contribution in [0.1, 0.15) is 11.1 Å². The van der Waals surface area contributed by atoms with Gasteiger partial charge in [-0.05, 0) is 19.4 Å². The first-order chi connectivity index (χ1) is 10.5. The van der Waals surface area contributed by atoms with Crippen molar-refractivity contribution in [3.63, 3.8) is 0 Å².